The first-order valence-corrected chi connectivity index (χ1v) is 20.3. The molecule has 0 amide bonds. The van der Waals surface area contributed by atoms with Crippen LogP contribution < -0.4 is 37.3 Å². The van der Waals surface area contributed by atoms with Crippen LogP contribution in [0.4, 0.5) is 11.4 Å². The van der Waals surface area contributed by atoms with Crippen molar-refractivity contribution < 1.29 is 69.9 Å². The molecule has 0 aliphatic heterocycles. The second kappa shape index (κ2) is 16.4. The molecule has 3 N–H and O–H groups in total. The van der Waals surface area contributed by atoms with Crippen LogP contribution in [0.25, 0.3) is 0 Å². The molecule has 5 rings (SSSR count). The number of benzene rings is 5. The third kappa shape index (κ3) is 8.43. The Hall–Kier alpha value is -3.25. The van der Waals surface area contributed by atoms with Gasteiger partial charge in [0.05, 0.1) is 18.0 Å². The van der Waals surface area contributed by atoms with E-state index in [-0.39, 0.29) is 79.0 Å². The summed E-state index contributed by atoms with van der Waals surface area (Å²) in [5.74, 6) is -0.849. The minimum atomic E-state index is -4.70. The number of hydrogen-bond acceptors (Lipinski definition) is 6. The fraction of sp³-hybridized carbons (Fsp3) is 0.189. The van der Waals surface area contributed by atoms with Gasteiger partial charge in [0.15, 0.2) is 0 Å². The molecule has 2 atom stereocenters. The first kappa shape index (κ1) is 41.5. The molecule has 270 valence electrons. The Bertz CT molecular complexity index is 2190. The maximum Gasteiger partial charge on any atom is 1.00 e. The monoisotopic (exact) mass is 776 g/mol. The summed E-state index contributed by atoms with van der Waals surface area (Å²) in [5.41, 5.74) is 3.14. The van der Waals surface area contributed by atoms with Crippen LogP contribution in [0.2, 0.25) is 0 Å². The van der Waals surface area contributed by atoms with Crippen molar-refractivity contribution in [1.82, 2.24) is 7.78 Å². The molecule has 5 aromatic rings. The Morgan fingerprint density at radius 2 is 0.865 bits per heavy atom. The summed E-state index contributed by atoms with van der Waals surface area (Å²) < 4.78 is 107. The largest absolute Gasteiger partial charge is 1.00 e. The van der Waals surface area contributed by atoms with Gasteiger partial charge in [-0.2, -0.15) is 16.2 Å². The minimum Gasteiger partial charge on any atom is -1.00 e. The standard InChI is InChI=1S/C37H38N2O9S3.Na.H/c1-3-38(50(43,44)45,27-29-13-7-5-8-14-29)33-23-19-31(20-24-33)37(35-17-11-12-18-36(35)49(40,41)42)32-21-25-34(26-22-32)39(4-2,51(46,47)48)28-30-15-9-6-10-16-30;;/h5-26,37H,3-4,27-28H2,1-2H3,(H-2,40,41,42,43,44,45,46,47,48);;/q;+1;-1/p+2. The summed E-state index contributed by atoms with van der Waals surface area (Å²) in [6.07, 6.45) is 0. The summed E-state index contributed by atoms with van der Waals surface area (Å²) in [4.78, 5) is -0.343. The molecule has 0 heterocycles. The average molecular weight is 777 g/mol. The van der Waals surface area contributed by atoms with Gasteiger partial charge in [-0.25, -0.2) is 9.11 Å². The summed E-state index contributed by atoms with van der Waals surface area (Å²) in [6.45, 7) is 3.18. The average Bonchev–Trinajstić information content (AvgIpc) is 3.10. The van der Waals surface area contributed by atoms with Crippen molar-refractivity contribution in [2.75, 3.05) is 13.1 Å². The fourth-order valence-corrected chi connectivity index (χ4v) is 9.45. The summed E-state index contributed by atoms with van der Waals surface area (Å²) in [5, 5.41) is 0. The van der Waals surface area contributed by atoms with E-state index >= 15 is 0 Å². The van der Waals surface area contributed by atoms with Gasteiger partial charge in [-0.05, 0) is 36.6 Å². The molecule has 0 aromatic heterocycles. The van der Waals surface area contributed by atoms with Crippen LogP contribution in [-0.2, 0) is 43.8 Å². The molecule has 2 unspecified atom stereocenters. The van der Waals surface area contributed by atoms with Crippen molar-refractivity contribution in [1.29, 1.82) is 0 Å². The van der Waals surface area contributed by atoms with E-state index in [0.717, 1.165) is 0 Å². The van der Waals surface area contributed by atoms with Crippen molar-refractivity contribution >= 4 is 42.1 Å². The third-order valence-electron chi connectivity index (χ3n) is 9.37. The van der Waals surface area contributed by atoms with Crippen molar-refractivity contribution in [2.45, 2.75) is 37.8 Å². The van der Waals surface area contributed by atoms with Gasteiger partial charge in [-0.1, -0.05) is 103 Å². The van der Waals surface area contributed by atoms with Gasteiger partial charge < -0.3 is 1.43 Å². The molecule has 0 bridgehead atoms. The van der Waals surface area contributed by atoms with Crippen LogP contribution in [0.15, 0.2) is 138 Å². The third-order valence-corrected chi connectivity index (χ3v) is 13.3. The van der Waals surface area contributed by atoms with E-state index in [1.54, 1.807) is 135 Å². The molecule has 11 nitrogen and oxygen atoms in total. The Labute approximate surface area is 329 Å². The van der Waals surface area contributed by atoms with E-state index in [9.17, 15) is 38.9 Å². The van der Waals surface area contributed by atoms with E-state index in [4.69, 9.17) is 0 Å². The zero-order valence-electron chi connectivity index (χ0n) is 30.0. The van der Waals surface area contributed by atoms with E-state index in [0.29, 0.717) is 22.3 Å². The van der Waals surface area contributed by atoms with Gasteiger partial charge in [0.25, 0.3) is 10.1 Å². The Morgan fingerprint density at radius 1 is 0.519 bits per heavy atom. The molecule has 0 spiro atoms. The van der Waals surface area contributed by atoms with Gasteiger partial charge in [0, 0.05) is 41.3 Å². The second-order valence-electron chi connectivity index (χ2n) is 12.2. The quantitative estimate of drug-likeness (QED) is 0.0658. The number of rotatable bonds is 14. The SMILES string of the molecule is CC[N+](Cc1ccccc1)(c1ccc(C(c2ccc([N+](CC)(Cc3ccccc3)S(=O)(=O)O)cc2)c2ccccc2S(=O)(=O)O)cc1)S(=O)(=O)O.[H-].[Na+]. The van der Waals surface area contributed by atoms with E-state index in [1.165, 1.54) is 12.1 Å². The van der Waals surface area contributed by atoms with Crippen LogP contribution in [0.1, 0.15) is 49.0 Å². The van der Waals surface area contributed by atoms with E-state index in [2.05, 4.69) is 0 Å². The van der Waals surface area contributed by atoms with Crippen LogP contribution in [0.5, 0.6) is 0 Å². The molecule has 0 saturated carbocycles. The predicted octanol–water partition coefficient (Wildman–Crippen LogP) is 3.89. The van der Waals surface area contributed by atoms with Gasteiger partial charge in [-0.3, -0.25) is 4.55 Å². The Kier molecular flexibility index (Phi) is 13.1. The maximum atomic E-state index is 13.0. The summed E-state index contributed by atoms with van der Waals surface area (Å²) in [7, 11) is -14.1. The molecule has 0 radical (unpaired) electrons. The first-order valence-electron chi connectivity index (χ1n) is 16.1. The molecule has 52 heavy (non-hydrogen) atoms. The smallest absolute Gasteiger partial charge is 1.00 e. The maximum absolute atomic E-state index is 13.0. The Morgan fingerprint density at radius 3 is 1.19 bits per heavy atom. The molecule has 5 aromatic carbocycles. The van der Waals surface area contributed by atoms with E-state index < -0.39 is 44.4 Å². The molecular weight excluding hydrogens is 736 g/mol. The number of hydrogen-bond donors (Lipinski definition) is 3. The van der Waals surface area contributed by atoms with Crippen LogP contribution in [0, 0.1) is 0 Å². The molecule has 0 saturated heterocycles. The molecular formula is C37H41N2NaO9S3+2. The predicted molar refractivity (Wildman–Crippen MR) is 199 cm³/mol. The van der Waals surface area contributed by atoms with Gasteiger partial charge in [0.1, 0.15) is 24.5 Å². The topological polar surface area (TPSA) is 163 Å². The van der Waals surface area contributed by atoms with Crippen molar-refractivity contribution in [3.63, 3.8) is 0 Å². The van der Waals surface area contributed by atoms with Gasteiger partial charge in [0.2, 0.25) is 0 Å². The van der Waals surface area contributed by atoms with Crippen molar-refractivity contribution in [2.24, 2.45) is 0 Å². The zero-order chi connectivity index (χ0) is 37.1. The summed E-state index contributed by atoms with van der Waals surface area (Å²) >= 11 is 0. The van der Waals surface area contributed by atoms with Gasteiger partial charge >= 0.3 is 50.2 Å². The molecule has 0 aliphatic rings. The number of nitrogens with zero attached hydrogens (tertiary/aromatic N) is 2. The zero-order valence-corrected chi connectivity index (χ0v) is 33.5. The molecule has 0 fully saturated rings. The van der Waals surface area contributed by atoms with E-state index in [1.807, 2.05) is 0 Å². The van der Waals surface area contributed by atoms with Crippen molar-refractivity contribution in [3.8, 4) is 0 Å². The van der Waals surface area contributed by atoms with Crippen LogP contribution in [-0.4, -0.2) is 52.0 Å². The molecule has 0 aliphatic carbocycles. The van der Waals surface area contributed by atoms with Crippen LogP contribution >= 0.6 is 0 Å². The van der Waals surface area contributed by atoms with Crippen LogP contribution in [0.3, 0.4) is 0 Å². The fourth-order valence-electron chi connectivity index (χ4n) is 6.67. The molecule has 15 heteroatoms. The Balaban J connectivity index is 0.00000378. The number of quaternary nitrogens is 2. The summed E-state index contributed by atoms with van der Waals surface area (Å²) in [6, 6.07) is 36.4. The normalized spacial score (nSPS) is 15.1. The van der Waals surface area contributed by atoms with Crippen molar-refractivity contribution in [3.05, 3.63) is 161 Å². The minimum absolute atomic E-state index is 0. The van der Waals surface area contributed by atoms with Gasteiger partial charge in [-0.15, -0.1) is 16.8 Å². The second-order valence-corrected chi connectivity index (χ2v) is 16.8. The first-order chi connectivity index (χ1) is 24.1.